The van der Waals surface area contributed by atoms with Crippen molar-refractivity contribution in [2.24, 2.45) is 5.92 Å². The molecule has 0 spiro atoms. The van der Waals surface area contributed by atoms with Gasteiger partial charge in [-0.15, -0.1) is 0 Å². The maximum Gasteiger partial charge on any atom is 0.253 e. The van der Waals surface area contributed by atoms with Gasteiger partial charge in [-0.1, -0.05) is 43.3 Å². The summed E-state index contributed by atoms with van der Waals surface area (Å²) in [6, 6.07) is 17.6. The maximum absolute atomic E-state index is 12.6. The molecule has 1 saturated heterocycles. The highest BCUT2D eigenvalue weighted by atomic mass is 16.5. The van der Waals surface area contributed by atoms with Gasteiger partial charge < -0.3 is 9.64 Å². The number of hydrogen-bond acceptors (Lipinski definition) is 2. The number of benzene rings is 2. The SMILES string of the molecule is CC1CCCN(C(=O)c2cccc(OCc3ccccc3)c2)C1. The highest BCUT2D eigenvalue weighted by Crippen LogP contribution is 2.20. The molecule has 1 aliphatic rings. The smallest absolute Gasteiger partial charge is 0.253 e. The quantitative estimate of drug-likeness (QED) is 0.849. The molecule has 23 heavy (non-hydrogen) atoms. The lowest BCUT2D eigenvalue weighted by Crippen LogP contribution is -2.39. The summed E-state index contributed by atoms with van der Waals surface area (Å²) in [6.07, 6.45) is 2.31. The average molecular weight is 309 g/mol. The molecular weight excluding hydrogens is 286 g/mol. The monoisotopic (exact) mass is 309 g/mol. The lowest BCUT2D eigenvalue weighted by atomic mass is 9.99. The largest absolute Gasteiger partial charge is 0.489 e. The highest BCUT2D eigenvalue weighted by Gasteiger charge is 2.22. The second-order valence-electron chi connectivity index (χ2n) is 6.30. The van der Waals surface area contributed by atoms with Crippen molar-refractivity contribution in [2.45, 2.75) is 26.4 Å². The first-order valence-corrected chi connectivity index (χ1v) is 8.28. The Morgan fingerprint density at radius 2 is 2.00 bits per heavy atom. The van der Waals surface area contributed by atoms with Gasteiger partial charge in [0.25, 0.3) is 5.91 Å². The number of ether oxygens (including phenoxy) is 1. The summed E-state index contributed by atoms with van der Waals surface area (Å²) in [5, 5.41) is 0. The van der Waals surface area contributed by atoms with Crippen molar-refractivity contribution in [3.63, 3.8) is 0 Å². The van der Waals surface area contributed by atoms with Crippen molar-refractivity contribution in [3.8, 4) is 5.75 Å². The summed E-state index contributed by atoms with van der Waals surface area (Å²) in [6.45, 7) is 4.43. The van der Waals surface area contributed by atoms with E-state index in [-0.39, 0.29) is 5.91 Å². The number of piperidine rings is 1. The molecule has 0 aromatic heterocycles. The van der Waals surface area contributed by atoms with Crippen LogP contribution >= 0.6 is 0 Å². The zero-order valence-electron chi connectivity index (χ0n) is 13.6. The molecule has 2 aromatic rings. The molecule has 1 aliphatic heterocycles. The van der Waals surface area contributed by atoms with E-state index in [1.165, 1.54) is 6.42 Å². The molecule has 0 saturated carbocycles. The summed E-state index contributed by atoms with van der Waals surface area (Å²) >= 11 is 0. The van der Waals surface area contributed by atoms with Crippen molar-refractivity contribution in [3.05, 3.63) is 65.7 Å². The van der Waals surface area contributed by atoms with E-state index in [9.17, 15) is 4.79 Å². The fraction of sp³-hybridized carbons (Fsp3) is 0.350. The Balaban J connectivity index is 1.66. The lowest BCUT2D eigenvalue weighted by Gasteiger charge is -2.31. The minimum absolute atomic E-state index is 0.113. The fourth-order valence-electron chi connectivity index (χ4n) is 3.02. The predicted octanol–water partition coefficient (Wildman–Crippen LogP) is 4.14. The van der Waals surface area contributed by atoms with Gasteiger partial charge in [0.1, 0.15) is 12.4 Å². The molecule has 1 atom stereocenters. The summed E-state index contributed by atoms with van der Waals surface area (Å²) in [7, 11) is 0. The number of carbonyl (C=O) groups excluding carboxylic acids is 1. The normalized spacial score (nSPS) is 17.8. The van der Waals surface area contributed by atoms with E-state index in [1.54, 1.807) is 0 Å². The number of likely N-dealkylation sites (tertiary alicyclic amines) is 1. The summed E-state index contributed by atoms with van der Waals surface area (Å²) < 4.78 is 5.82. The second kappa shape index (κ2) is 7.32. The topological polar surface area (TPSA) is 29.5 Å². The Hall–Kier alpha value is -2.29. The summed E-state index contributed by atoms with van der Waals surface area (Å²) in [5.74, 6) is 1.44. The predicted molar refractivity (Wildman–Crippen MR) is 91.5 cm³/mol. The van der Waals surface area contributed by atoms with Gasteiger partial charge in [-0.2, -0.15) is 0 Å². The van der Waals surface area contributed by atoms with Crippen LogP contribution in [-0.2, 0) is 6.61 Å². The van der Waals surface area contributed by atoms with Crippen molar-refractivity contribution >= 4 is 5.91 Å². The van der Waals surface area contributed by atoms with Gasteiger partial charge in [0, 0.05) is 18.7 Å². The third kappa shape index (κ3) is 4.13. The van der Waals surface area contributed by atoms with E-state index >= 15 is 0 Å². The van der Waals surface area contributed by atoms with Crippen molar-refractivity contribution in [1.29, 1.82) is 0 Å². The van der Waals surface area contributed by atoms with Gasteiger partial charge in [0.15, 0.2) is 0 Å². The lowest BCUT2D eigenvalue weighted by molar-refractivity contribution is 0.0682. The van der Waals surface area contributed by atoms with Crippen molar-refractivity contribution in [1.82, 2.24) is 4.90 Å². The summed E-state index contributed by atoms with van der Waals surface area (Å²) in [5.41, 5.74) is 1.83. The van der Waals surface area contributed by atoms with E-state index in [0.29, 0.717) is 18.1 Å². The van der Waals surface area contributed by atoms with Crippen LogP contribution in [0.2, 0.25) is 0 Å². The third-order valence-electron chi connectivity index (χ3n) is 4.27. The maximum atomic E-state index is 12.6. The first-order valence-electron chi connectivity index (χ1n) is 8.28. The first kappa shape index (κ1) is 15.6. The van der Waals surface area contributed by atoms with E-state index in [2.05, 4.69) is 6.92 Å². The minimum Gasteiger partial charge on any atom is -0.489 e. The Morgan fingerprint density at radius 3 is 2.78 bits per heavy atom. The standard InChI is InChI=1S/C20H23NO2/c1-16-7-6-12-21(14-16)20(22)18-10-5-11-19(13-18)23-15-17-8-3-2-4-9-17/h2-5,8-11,13,16H,6-7,12,14-15H2,1H3. The van der Waals surface area contributed by atoms with Crippen LogP contribution in [-0.4, -0.2) is 23.9 Å². The average Bonchev–Trinajstić information content (AvgIpc) is 2.60. The molecule has 0 N–H and O–H groups in total. The fourth-order valence-corrected chi connectivity index (χ4v) is 3.02. The van der Waals surface area contributed by atoms with Crippen LogP contribution in [0.4, 0.5) is 0 Å². The van der Waals surface area contributed by atoms with Crippen LogP contribution in [0.15, 0.2) is 54.6 Å². The molecule has 3 rings (SSSR count). The molecule has 2 aromatic carbocycles. The van der Waals surface area contributed by atoms with Gasteiger partial charge in [0.2, 0.25) is 0 Å². The third-order valence-corrected chi connectivity index (χ3v) is 4.27. The molecule has 3 nitrogen and oxygen atoms in total. The van der Waals surface area contributed by atoms with E-state index in [0.717, 1.165) is 30.8 Å². The Bertz CT molecular complexity index is 654. The zero-order chi connectivity index (χ0) is 16.1. The molecule has 1 fully saturated rings. The van der Waals surface area contributed by atoms with E-state index in [1.807, 2.05) is 59.5 Å². The second-order valence-corrected chi connectivity index (χ2v) is 6.30. The molecule has 3 heteroatoms. The number of carbonyl (C=O) groups is 1. The Morgan fingerprint density at radius 1 is 1.17 bits per heavy atom. The van der Waals surface area contributed by atoms with Gasteiger partial charge in [-0.25, -0.2) is 0 Å². The molecule has 0 radical (unpaired) electrons. The number of rotatable bonds is 4. The molecule has 0 bridgehead atoms. The van der Waals surface area contributed by atoms with Gasteiger partial charge in [-0.05, 0) is 42.5 Å². The zero-order valence-corrected chi connectivity index (χ0v) is 13.6. The molecule has 1 amide bonds. The molecule has 1 unspecified atom stereocenters. The first-order chi connectivity index (χ1) is 11.2. The number of nitrogens with zero attached hydrogens (tertiary/aromatic N) is 1. The van der Waals surface area contributed by atoms with Crippen LogP contribution in [0.25, 0.3) is 0 Å². The molecule has 1 heterocycles. The molecule has 120 valence electrons. The number of amides is 1. The highest BCUT2D eigenvalue weighted by molar-refractivity contribution is 5.94. The number of hydrogen-bond donors (Lipinski definition) is 0. The Kier molecular flexibility index (Phi) is 4.96. The molecular formula is C20H23NO2. The Labute approximate surface area is 137 Å². The van der Waals surface area contributed by atoms with Crippen LogP contribution in [0.5, 0.6) is 5.75 Å². The van der Waals surface area contributed by atoms with Crippen LogP contribution in [0.3, 0.4) is 0 Å². The van der Waals surface area contributed by atoms with Gasteiger partial charge in [0.05, 0.1) is 0 Å². The summed E-state index contributed by atoms with van der Waals surface area (Å²) in [4.78, 5) is 14.6. The van der Waals surface area contributed by atoms with Crippen molar-refractivity contribution < 1.29 is 9.53 Å². The van der Waals surface area contributed by atoms with Gasteiger partial charge in [-0.3, -0.25) is 4.79 Å². The van der Waals surface area contributed by atoms with Crippen molar-refractivity contribution in [2.75, 3.05) is 13.1 Å². The minimum atomic E-state index is 0.113. The van der Waals surface area contributed by atoms with Crippen LogP contribution < -0.4 is 4.74 Å². The van der Waals surface area contributed by atoms with E-state index < -0.39 is 0 Å². The van der Waals surface area contributed by atoms with Crippen LogP contribution in [0.1, 0.15) is 35.7 Å². The molecule has 0 aliphatic carbocycles. The van der Waals surface area contributed by atoms with Crippen LogP contribution in [0, 0.1) is 5.92 Å². The van der Waals surface area contributed by atoms with E-state index in [4.69, 9.17) is 4.74 Å². The van der Waals surface area contributed by atoms with Gasteiger partial charge >= 0.3 is 0 Å².